The van der Waals surface area contributed by atoms with Gasteiger partial charge < -0.3 is 20.1 Å². The van der Waals surface area contributed by atoms with E-state index in [4.69, 9.17) is 0 Å². The van der Waals surface area contributed by atoms with Gasteiger partial charge in [0, 0.05) is 63.3 Å². The van der Waals surface area contributed by atoms with Gasteiger partial charge in [0.2, 0.25) is 5.91 Å². The average molecular weight is 421 g/mol. The Morgan fingerprint density at radius 1 is 1.13 bits per heavy atom. The molecule has 1 aromatic carbocycles. The second-order valence-corrected chi connectivity index (χ2v) is 7.43. The Bertz CT molecular complexity index is 982. The molecule has 0 saturated heterocycles. The number of rotatable bonds is 10. The maximum Gasteiger partial charge on any atom is 0.244 e. The highest BCUT2D eigenvalue weighted by atomic mass is 16.2. The highest BCUT2D eigenvalue weighted by molar-refractivity contribution is 5.84. The first kappa shape index (κ1) is 22.3. The third-order valence-electron chi connectivity index (χ3n) is 5.12. The Balaban J connectivity index is 1.42. The van der Waals surface area contributed by atoms with Crippen LogP contribution in [0.3, 0.4) is 0 Å². The zero-order chi connectivity index (χ0) is 21.9. The van der Waals surface area contributed by atoms with E-state index in [9.17, 15) is 4.79 Å². The summed E-state index contributed by atoms with van der Waals surface area (Å²) in [6.45, 7) is 5.22. The molecular formula is C24H32N6O. The lowest BCUT2D eigenvalue weighted by molar-refractivity contribution is -0.128. The van der Waals surface area contributed by atoms with Gasteiger partial charge in [-0.05, 0) is 43.0 Å². The van der Waals surface area contributed by atoms with Crippen molar-refractivity contribution in [2.24, 2.45) is 4.99 Å². The molecule has 0 spiro atoms. The van der Waals surface area contributed by atoms with Gasteiger partial charge in [0.15, 0.2) is 5.96 Å². The number of aryl methyl sites for hydroxylation is 1. The number of hydrogen-bond donors (Lipinski definition) is 2. The number of hydrogen-bond acceptors (Lipinski definition) is 3. The number of carbonyl (C=O) groups is 1. The molecule has 0 radical (unpaired) electrons. The number of nitrogens with zero attached hydrogens (tertiary/aromatic N) is 4. The van der Waals surface area contributed by atoms with Gasteiger partial charge in [0.25, 0.3) is 0 Å². The van der Waals surface area contributed by atoms with Crippen LogP contribution in [0, 0.1) is 0 Å². The molecule has 3 aromatic rings. The summed E-state index contributed by atoms with van der Waals surface area (Å²) in [5, 5.41) is 7.80. The van der Waals surface area contributed by atoms with E-state index in [1.807, 2.05) is 32.2 Å². The van der Waals surface area contributed by atoms with Crippen LogP contribution in [0.5, 0.6) is 0 Å². The SMILES string of the molecule is CCNC(=NCC(=O)N(C)CCc1ccccn1)NCCCn1ccc2ccccc21. The fourth-order valence-electron chi connectivity index (χ4n) is 3.35. The smallest absolute Gasteiger partial charge is 0.244 e. The van der Waals surface area contributed by atoms with E-state index in [2.05, 4.69) is 61.7 Å². The fourth-order valence-corrected chi connectivity index (χ4v) is 3.35. The van der Waals surface area contributed by atoms with Crippen molar-refractivity contribution in [3.63, 3.8) is 0 Å². The number of amides is 1. The predicted molar refractivity (Wildman–Crippen MR) is 126 cm³/mol. The molecule has 2 aromatic heterocycles. The van der Waals surface area contributed by atoms with E-state index in [1.165, 1.54) is 10.9 Å². The molecule has 7 nitrogen and oxygen atoms in total. The van der Waals surface area contributed by atoms with E-state index < -0.39 is 0 Å². The summed E-state index contributed by atoms with van der Waals surface area (Å²) in [4.78, 5) is 22.9. The van der Waals surface area contributed by atoms with Crippen LogP contribution in [0.15, 0.2) is 65.9 Å². The number of nitrogens with one attached hydrogen (secondary N) is 2. The zero-order valence-electron chi connectivity index (χ0n) is 18.4. The van der Waals surface area contributed by atoms with Gasteiger partial charge in [-0.2, -0.15) is 0 Å². The fraction of sp³-hybridized carbons (Fsp3) is 0.375. The topological polar surface area (TPSA) is 74.6 Å². The van der Waals surface area contributed by atoms with Crippen molar-refractivity contribution in [3.05, 3.63) is 66.6 Å². The summed E-state index contributed by atoms with van der Waals surface area (Å²) in [5.41, 5.74) is 2.23. The molecule has 3 rings (SSSR count). The van der Waals surface area contributed by atoms with E-state index in [0.717, 1.165) is 38.2 Å². The van der Waals surface area contributed by atoms with E-state index in [1.54, 1.807) is 11.1 Å². The Morgan fingerprint density at radius 3 is 2.77 bits per heavy atom. The second-order valence-electron chi connectivity index (χ2n) is 7.43. The number of para-hydroxylation sites is 1. The Hall–Kier alpha value is -3.35. The molecule has 0 fully saturated rings. The number of guanidine groups is 1. The van der Waals surface area contributed by atoms with Gasteiger partial charge in [-0.25, -0.2) is 4.99 Å². The van der Waals surface area contributed by atoms with Gasteiger partial charge in [-0.1, -0.05) is 24.3 Å². The quantitative estimate of drug-likeness (QED) is 0.300. The molecule has 2 N–H and O–H groups in total. The highest BCUT2D eigenvalue weighted by Gasteiger charge is 2.09. The van der Waals surface area contributed by atoms with Crippen LogP contribution in [-0.2, 0) is 17.8 Å². The average Bonchev–Trinajstić information content (AvgIpc) is 3.22. The molecule has 0 unspecified atom stereocenters. The van der Waals surface area contributed by atoms with E-state index in [0.29, 0.717) is 12.5 Å². The van der Waals surface area contributed by atoms with Gasteiger partial charge in [-0.15, -0.1) is 0 Å². The summed E-state index contributed by atoms with van der Waals surface area (Å²) in [6.07, 6.45) is 5.60. The number of aromatic nitrogens is 2. The van der Waals surface area contributed by atoms with Crippen LogP contribution >= 0.6 is 0 Å². The molecule has 31 heavy (non-hydrogen) atoms. The number of fused-ring (bicyclic) bond motifs is 1. The largest absolute Gasteiger partial charge is 0.357 e. The molecule has 0 saturated carbocycles. The van der Waals surface area contributed by atoms with Crippen molar-refractivity contribution >= 4 is 22.8 Å². The van der Waals surface area contributed by atoms with Crippen molar-refractivity contribution in [3.8, 4) is 0 Å². The zero-order valence-corrected chi connectivity index (χ0v) is 18.4. The molecule has 0 aliphatic heterocycles. The van der Waals surface area contributed by atoms with Crippen molar-refractivity contribution in [1.82, 2.24) is 25.1 Å². The lowest BCUT2D eigenvalue weighted by Gasteiger charge is -2.17. The summed E-state index contributed by atoms with van der Waals surface area (Å²) in [7, 11) is 1.81. The minimum absolute atomic E-state index is 0.00746. The normalized spacial score (nSPS) is 11.5. The number of pyridine rings is 1. The van der Waals surface area contributed by atoms with Gasteiger partial charge in [0.1, 0.15) is 6.54 Å². The first-order chi connectivity index (χ1) is 15.2. The summed E-state index contributed by atoms with van der Waals surface area (Å²) >= 11 is 0. The van der Waals surface area contributed by atoms with Crippen molar-refractivity contribution in [2.45, 2.75) is 26.3 Å². The number of likely N-dealkylation sites (N-methyl/N-ethyl adjacent to an activating group) is 1. The van der Waals surface area contributed by atoms with Crippen LogP contribution in [0.1, 0.15) is 19.0 Å². The third-order valence-corrected chi connectivity index (χ3v) is 5.12. The van der Waals surface area contributed by atoms with Crippen molar-refractivity contribution in [2.75, 3.05) is 33.2 Å². The molecule has 164 valence electrons. The molecule has 2 heterocycles. The van der Waals surface area contributed by atoms with Crippen LogP contribution in [0.4, 0.5) is 0 Å². The van der Waals surface area contributed by atoms with E-state index >= 15 is 0 Å². The lowest BCUT2D eigenvalue weighted by atomic mass is 10.2. The van der Waals surface area contributed by atoms with Gasteiger partial charge in [-0.3, -0.25) is 9.78 Å². The first-order valence-corrected chi connectivity index (χ1v) is 10.9. The molecule has 0 aliphatic rings. The summed E-state index contributed by atoms with van der Waals surface area (Å²) < 4.78 is 2.27. The minimum atomic E-state index is -0.00746. The second kappa shape index (κ2) is 11.7. The first-order valence-electron chi connectivity index (χ1n) is 10.9. The van der Waals surface area contributed by atoms with Gasteiger partial charge in [0.05, 0.1) is 0 Å². The molecule has 0 atom stereocenters. The third kappa shape index (κ3) is 6.84. The molecule has 1 amide bonds. The van der Waals surface area contributed by atoms with Crippen molar-refractivity contribution < 1.29 is 4.79 Å². The Labute approximate surface area is 184 Å². The van der Waals surface area contributed by atoms with E-state index in [-0.39, 0.29) is 12.5 Å². The molecular weight excluding hydrogens is 388 g/mol. The van der Waals surface area contributed by atoms with Gasteiger partial charge >= 0.3 is 0 Å². The summed E-state index contributed by atoms with van der Waals surface area (Å²) in [5.74, 6) is 0.665. The predicted octanol–water partition coefficient (Wildman–Crippen LogP) is 2.68. The molecule has 7 heteroatoms. The van der Waals surface area contributed by atoms with Crippen LogP contribution in [-0.4, -0.2) is 59.5 Å². The maximum atomic E-state index is 12.4. The Kier molecular flexibility index (Phi) is 8.46. The Morgan fingerprint density at radius 2 is 1.97 bits per heavy atom. The number of carbonyl (C=O) groups excluding carboxylic acids is 1. The monoisotopic (exact) mass is 420 g/mol. The lowest BCUT2D eigenvalue weighted by Crippen LogP contribution is -2.39. The maximum absolute atomic E-state index is 12.4. The van der Waals surface area contributed by atoms with Crippen LogP contribution < -0.4 is 10.6 Å². The molecule has 0 bridgehead atoms. The van der Waals surface area contributed by atoms with Crippen molar-refractivity contribution in [1.29, 1.82) is 0 Å². The highest BCUT2D eigenvalue weighted by Crippen LogP contribution is 2.15. The standard InChI is InChI=1S/C24H32N6O/c1-3-25-24(27-15-8-16-30-18-12-20-9-4-5-11-22(20)30)28-19-23(31)29(2)17-13-21-10-6-7-14-26-21/h4-7,9-12,14,18H,3,8,13,15-17,19H2,1-2H3,(H2,25,27,28). The minimum Gasteiger partial charge on any atom is -0.357 e. The molecule has 0 aliphatic carbocycles. The summed E-state index contributed by atoms with van der Waals surface area (Å²) in [6, 6.07) is 16.4. The number of benzene rings is 1. The number of aliphatic imine (C=N–C) groups is 1. The van der Waals surface area contributed by atoms with Crippen LogP contribution in [0.2, 0.25) is 0 Å². The van der Waals surface area contributed by atoms with Crippen LogP contribution in [0.25, 0.3) is 10.9 Å².